The van der Waals surface area contributed by atoms with Crippen LogP contribution in [0.15, 0.2) is 41.0 Å². The zero-order valence-corrected chi connectivity index (χ0v) is 13.1. The quantitative estimate of drug-likeness (QED) is 0.876. The molecule has 0 saturated carbocycles. The molecule has 1 aromatic heterocycles. The number of nitrogens with zero attached hydrogens (tertiary/aromatic N) is 1. The summed E-state index contributed by atoms with van der Waals surface area (Å²) in [6, 6.07) is 9.76. The Labute approximate surface area is 127 Å². The van der Waals surface area contributed by atoms with Crippen LogP contribution >= 0.6 is 15.9 Å². The van der Waals surface area contributed by atoms with Gasteiger partial charge in [-0.2, -0.15) is 0 Å². The number of ether oxygens (including phenoxy) is 2. The number of anilines is 1. The van der Waals surface area contributed by atoms with Gasteiger partial charge in [-0.25, -0.2) is 4.98 Å². The molecular weight excluding hydrogens is 320 g/mol. The second-order valence-electron chi connectivity index (χ2n) is 4.22. The maximum Gasteiger partial charge on any atom is 0.125 e. The highest BCUT2D eigenvalue weighted by Crippen LogP contribution is 2.24. The summed E-state index contributed by atoms with van der Waals surface area (Å²) in [5.41, 5.74) is 1.14. The average Bonchev–Trinajstić information content (AvgIpc) is 2.49. The van der Waals surface area contributed by atoms with Crippen molar-refractivity contribution >= 4 is 21.7 Å². The molecule has 0 fully saturated rings. The van der Waals surface area contributed by atoms with E-state index in [9.17, 15) is 0 Å². The van der Waals surface area contributed by atoms with Gasteiger partial charge in [0.15, 0.2) is 0 Å². The SMILES string of the molecule is COc1ccc(CCNc2ccc(Br)cn2)c(OC)c1. The molecule has 2 aromatic rings. The second-order valence-corrected chi connectivity index (χ2v) is 5.13. The predicted octanol–water partition coefficient (Wildman–Crippen LogP) is 3.52. The van der Waals surface area contributed by atoms with Crippen LogP contribution in [-0.2, 0) is 6.42 Å². The molecular formula is C15H17BrN2O2. The molecule has 0 aliphatic heterocycles. The summed E-state index contributed by atoms with van der Waals surface area (Å²) in [7, 11) is 3.32. The van der Waals surface area contributed by atoms with Gasteiger partial charge in [-0.05, 0) is 46.1 Å². The van der Waals surface area contributed by atoms with Crippen LogP contribution in [0, 0.1) is 0 Å². The van der Waals surface area contributed by atoms with E-state index < -0.39 is 0 Å². The van der Waals surface area contributed by atoms with E-state index in [4.69, 9.17) is 9.47 Å². The molecule has 0 atom stereocenters. The third-order valence-electron chi connectivity index (χ3n) is 2.92. The largest absolute Gasteiger partial charge is 0.497 e. The van der Waals surface area contributed by atoms with Crippen LogP contribution in [0.3, 0.4) is 0 Å². The fourth-order valence-corrected chi connectivity index (χ4v) is 2.10. The summed E-state index contributed by atoms with van der Waals surface area (Å²) in [5, 5.41) is 3.28. The summed E-state index contributed by atoms with van der Waals surface area (Å²) in [5.74, 6) is 2.50. The van der Waals surface area contributed by atoms with Crippen molar-refractivity contribution in [2.24, 2.45) is 0 Å². The van der Waals surface area contributed by atoms with E-state index in [1.807, 2.05) is 30.3 Å². The monoisotopic (exact) mass is 336 g/mol. The van der Waals surface area contributed by atoms with Gasteiger partial charge in [0.25, 0.3) is 0 Å². The molecule has 1 N–H and O–H groups in total. The number of pyridine rings is 1. The van der Waals surface area contributed by atoms with Crippen LogP contribution in [0.2, 0.25) is 0 Å². The number of rotatable bonds is 6. The van der Waals surface area contributed by atoms with E-state index >= 15 is 0 Å². The molecule has 0 aliphatic rings. The van der Waals surface area contributed by atoms with Crippen molar-refractivity contribution in [2.75, 3.05) is 26.1 Å². The maximum atomic E-state index is 5.38. The van der Waals surface area contributed by atoms with E-state index in [0.717, 1.165) is 40.3 Å². The van der Waals surface area contributed by atoms with Crippen LogP contribution in [0.4, 0.5) is 5.82 Å². The number of methoxy groups -OCH3 is 2. The topological polar surface area (TPSA) is 43.4 Å². The van der Waals surface area contributed by atoms with E-state index in [2.05, 4.69) is 26.2 Å². The van der Waals surface area contributed by atoms with Crippen LogP contribution in [0.5, 0.6) is 11.5 Å². The number of nitrogens with one attached hydrogen (secondary N) is 1. The van der Waals surface area contributed by atoms with Crippen LogP contribution in [0.25, 0.3) is 0 Å². The molecule has 0 aliphatic carbocycles. The van der Waals surface area contributed by atoms with Crippen molar-refractivity contribution in [1.82, 2.24) is 4.98 Å². The lowest BCUT2D eigenvalue weighted by Gasteiger charge is -2.11. The minimum Gasteiger partial charge on any atom is -0.497 e. The van der Waals surface area contributed by atoms with Crippen molar-refractivity contribution in [3.8, 4) is 11.5 Å². The second kappa shape index (κ2) is 7.14. The van der Waals surface area contributed by atoms with Crippen LogP contribution in [-0.4, -0.2) is 25.7 Å². The molecule has 106 valence electrons. The van der Waals surface area contributed by atoms with Gasteiger partial charge >= 0.3 is 0 Å². The first-order valence-corrected chi connectivity index (χ1v) is 7.08. The Morgan fingerprint density at radius 1 is 1.15 bits per heavy atom. The van der Waals surface area contributed by atoms with Crippen molar-refractivity contribution in [2.45, 2.75) is 6.42 Å². The molecule has 0 bridgehead atoms. The summed E-state index contributed by atoms with van der Waals surface area (Å²) in [6.07, 6.45) is 2.63. The molecule has 0 spiro atoms. The fraction of sp³-hybridized carbons (Fsp3) is 0.267. The maximum absolute atomic E-state index is 5.38. The normalized spacial score (nSPS) is 10.2. The van der Waals surface area contributed by atoms with Crippen molar-refractivity contribution in [1.29, 1.82) is 0 Å². The van der Waals surface area contributed by atoms with Gasteiger partial charge in [0.2, 0.25) is 0 Å². The molecule has 20 heavy (non-hydrogen) atoms. The van der Waals surface area contributed by atoms with Gasteiger partial charge < -0.3 is 14.8 Å². The molecule has 0 amide bonds. The average molecular weight is 337 g/mol. The zero-order chi connectivity index (χ0) is 14.4. The van der Waals surface area contributed by atoms with Crippen molar-refractivity contribution < 1.29 is 9.47 Å². The standard InChI is InChI=1S/C15H17BrN2O2/c1-19-13-5-3-11(14(9-13)20-2)7-8-17-15-6-4-12(16)10-18-15/h3-6,9-10H,7-8H2,1-2H3,(H,17,18). The zero-order valence-electron chi connectivity index (χ0n) is 11.5. The summed E-state index contributed by atoms with van der Waals surface area (Å²) in [6.45, 7) is 0.789. The highest BCUT2D eigenvalue weighted by atomic mass is 79.9. The van der Waals surface area contributed by atoms with Gasteiger partial charge in [-0.3, -0.25) is 0 Å². The lowest BCUT2D eigenvalue weighted by molar-refractivity contribution is 0.391. The Morgan fingerprint density at radius 3 is 2.65 bits per heavy atom. The van der Waals surface area contributed by atoms with E-state index in [-0.39, 0.29) is 0 Å². The number of hydrogen-bond donors (Lipinski definition) is 1. The first-order valence-electron chi connectivity index (χ1n) is 6.29. The minimum atomic E-state index is 0.789. The molecule has 5 heteroatoms. The first kappa shape index (κ1) is 14.7. The molecule has 4 nitrogen and oxygen atoms in total. The molecule has 0 radical (unpaired) electrons. The number of halogens is 1. The van der Waals surface area contributed by atoms with Gasteiger partial charge in [-0.15, -0.1) is 0 Å². The minimum absolute atomic E-state index is 0.789. The molecule has 1 aromatic carbocycles. The number of hydrogen-bond acceptors (Lipinski definition) is 4. The first-order chi connectivity index (χ1) is 9.72. The van der Waals surface area contributed by atoms with E-state index in [1.54, 1.807) is 20.4 Å². The molecule has 2 rings (SSSR count). The predicted molar refractivity (Wildman–Crippen MR) is 83.7 cm³/mol. The Kier molecular flexibility index (Phi) is 5.24. The van der Waals surface area contributed by atoms with Gasteiger partial charge in [0.05, 0.1) is 14.2 Å². The Morgan fingerprint density at radius 2 is 2.00 bits per heavy atom. The van der Waals surface area contributed by atoms with Crippen LogP contribution < -0.4 is 14.8 Å². The Balaban J connectivity index is 1.95. The van der Waals surface area contributed by atoms with Gasteiger partial charge in [0, 0.05) is 23.3 Å². The Hall–Kier alpha value is -1.75. The van der Waals surface area contributed by atoms with Crippen molar-refractivity contribution in [3.05, 3.63) is 46.6 Å². The van der Waals surface area contributed by atoms with E-state index in [1.165, 1.54) is 0 Å². The fourth-order valence-electron chi connectivity index (χ4n) is 1.86. The number of benzene rings is 1. The third-order valence-corrected chi connectivity index (χ3v) is 3.39. The number of aromatic nitrogens is 1. The van der Waals surface area contributed by atoms with Gasteiger partial charge in [0.1, 0.15) is 17.3 Å². The van der Waals surface area contributed by atoms with Crippen LogP contribution in [0.1, 0.15) is 5.56 Å². The lowest BCUT2D eigenvalue weighted by atomic mass is 10.1. The summed E-state index contributed by atoms with van der Waals surface area (Å²) in [4.78, 5) is 4.27. The van der Waals surface area contributed by atoms with Gasteiger partial charge in [-0.1, -0.05) is 6.07 Å². The molecule has 1 heterocycles. The Bertz CT molecular complexity index is 558. The molecule has 0 saturated heterocycles. The third kappa shape index (κ3) is 3.87. The van der Waals surface area contributed by atoms with Crippen molar-refractivity contribution in [3.63, 3.8) is 0 Å². The summed E-state index contributed by atoms with van der Waals surface area (Å²) >= 11 is 3.36. The highest BCUT2D eigenvalue weighted by Gasteiger charge is 2.05. The molecule has 0 unspecified atom stereocenters. The highest BCUT2D eigenvalue weighted by molar-refractivity contribution is 9.10. The van der Waals surface area contributed by atoms with E-state index in [0.29, 0.717) is 0 Å². The lowest BCUT2D eigenvalue weighted by Crippen LogP contribution is -2.07. The summed E-state index contributed by atoms with van der Waals surface area (Å²) < 4.78 is 11.5. The smallest absolute Gasteiger partial charge is 0.125 e.